The monoisotopic (exact) mass is 203 g/mol. The summed E-state index contributed by atoms with van der Waals surface area (Å²) in [7, 11) is 0. The fourth-order valence-corrected chi connectivity index (χ4v) is 3.67. The van der Waals surface area contributed by atoms with E-state index in [9.17, 15) is 4.39 Å². The van der Waals surface area contributed by atoms with Crippen molar-refractivity contribution in [3.8, 4) is 0 Å². The maximum absolute atomic E-state index is 13.6. The molecule has 0 radical (unpaired) electrons. The molecule has 1 N–H and O–H groups in total. The summed E-state index contributed by atoms with van der Waals surface area (Å²) in [5, 5.41) is 3.31. The number of alkyl halides is 1. The molecule has 3 heteroatoms. The summed E-state index contributed by atoms with van der Waals surface area (Å²) in [6, 6.07) is 0. The van der Waals surface area contributed by atoms with Gasteiger partial charge in [-0.05, 0) is 43.2 Å². The molecule has 2 heterocycles. The summed E-state index contributed by atoms with van der Waals surface area (Å²) in [6.07, 6.45) is 2.73. The maximum Gasteiger partial charge on any atom is 0.106 e. The van der Waals surface area contributed by atoms with Gasteiger partial charge in [0.25, 0.3) is 0 Å². The molecule has 0 aromatic carbocycles. The Balaban J connectivity index is 1.88. The molecule has 3 unspecified atom stereocenters. The first-order chi connectivity index (χ1) is 6.38. The molecule has 0 spiro atoms. The zero-order chi connectivity index (χ0) is 9.10. The Morgan fingerprint density at radius 3 is 2.92 bits per heavy atom. The average molecular weight is 203 g/mol. The predicted octanol–water partition coefficient (Wildman–Crippen LogP) is 2.08. The molecule has 0 aromatic rings. The molecule has 0 aromatic heterocycles. The Morgan fingerprint density at radius 1 is 1.31 bits per heavy atom. The molecule has 1 nitrogen and oxygen atoms in total. The highest BCUT2D eigenvalue weighted by atomic mass is 32.2. The van der Waals surface area contributed by atoms with Gasteiger partial charge in [0.1, 0.15) is 6.17 Å². The molecule has 76 valence electrons. The first-order valence-electron chi connectivity index (χ1n) is 5.30. The largest absolute Gasteiger partial charge is 0.316 e. The number of rotatable bonds is 1. The van der Waals surface area contributed by atoms with Crippen LogP contribution in [-0.4, -0.2) is 30.8 Å². The van der Waals surface area contributed by atoms with Crippen LogP contribution in [0, 0.1) is 11.8 Å². The molecule has 2 aliphatic heterocycles. The predicted molar refractivity (Wildman–Crippen MR) is 55.9 cm³/mol. The van der Waals surface area contributed by atoms with E-state index in [-0.39, 0.29) is 0 Å². The molecule has 2 saturated heterocycles. The summed E-state index contributed by atoms with van der Waals surface area (Å²) in [6.45, 7) is 1.78. The highest BCUT2D eigenvalue weighted by Gasteiger charge is 2.32. The molecule has 0 saturated carbocycles. The van der Waals surface area contributed by atoms with Gasteiger partial charge in [0.2, 0.25) is 0 Å². The highest BCUT2D eigenvalue weighted by molar-refractivity contribution is 7.99. The van der Waals surface area contributed by atoms with Crippen LogP contribution in [0.15, 0.2) is 0 Å². The second-order valence-corrected chi connectivity index (χ2v) is 5.30. The van der Waals surface area contributed by atoms with Crippen LogP contribution in [0.3, 0.4) is 0 Å². The second-order valence-electron chi connectivity index (χ2n) is 4.15. The van der Waals surface area contributed by atoms with E-state index >= 15 is 0 Å². The first kappa shape index (κ1) is 9.78. The van der Waals surface area contributed by atoms with Crippen molar-refractivity contribution in [3.63, 3.8) is 0 Å². The lowest BCUT2D eigenvalue weighted by Gasteiger charge is -2.35. The van der Waals surface area contributed by atoms with Crippen molar-refractivity contribution < 1.29 is 4.39 Å². The lowest BCUT2D eigenvalue weighted by molar-refractivity contribution is 0.129. The van der Waals surface area contributed by atoms with Gasteiger partial charge in [-0.15, -0.1) is 0 Å². The molecule has 2 rings (SSSR count). The van der Waals surface area contributed by atoms with Crippen molar-refractivity contribution in [2.24, 2.45) is 11.8 Å². The molecular formula is C10H18FNS. The lowest BCUT2D eigenvalue weighted by atomic mass is 9.83. The van der Waals surface area contributed by atoms with Gasteiger partial charge in [0, 0.05) is 12.5 Å². The van der Waals surface area contributed by atoms with E-state index in [2.05, 4.69) is 5.32 Å². The Morgan fingerprint density at radius 2 is 2.23 bits per heavy atom. The number of hydrogen-bond donors (Lipinski definition) is 1. The molecule has 0 aliphatic carbocycles. The average Bonchev–Trinajstić information content (AvgIpc) is 2.20. The molecule has 3 atom stereocenters. The van der Waals surface area contributed by atoms with Crippen LogP contribution < -0.4 is 5.32 Å². The van der Waals surface area contributed by atoms with E-state index in [4.69, 9.17) is 0 Å². The van der Waals surface area contributed by atoms with Crippen molar-refractivity contribution in [1.82, 2.24) is 5.32 Å². The minimum Gasteiger partial charge on any atom is -0.316 e. The van der Waals surface area contributed by atoms with Crippen molar-refractivity contribution >= 4 is 11.8 Å². The third-order valence-electron chi connectivity index (χ3n) is 3.24. The molecule has 0 amide bonds. The van der Waals surface area contributed by atoms with E-state index < -0.39 is 6.17 Å². The Hall–Kier alpha value is 0.240. The minimum absolute atomic E-state index is 0.307. The van der Waals surface area contributed by atoms with E-state index in [1.165, 1.54) is 24.3 Å². The number of piperidine rings is 1. The van der Waals surface area contributed by atoms with Crippen molar-refractivity contribution in [2.75, 3.05) is 24.6 Å². The third-order valence-corrected chi connectivity index (χ3v) is 4.48. The maximum atomic E-state index is 13.6. The Kier molecular flexibility index (Phi) is 3.50. The standard InChI is InChI=1S/C10H18FNS/c11-10-3-4-12-6-9(10)8-2-1-5-13-7-8/h8-10,12H,1-7H2. The van der Waals surface area contributed by atoms with Gasteiger partial charge in [-0.3, -0.25) is 0 Å². The van der Waals surface area contributed by atoms with Gasteiger partial charge < -0.3 is 5.32 Å². The summed E-state index contributed by atoms with van der Waals surface area (Å²) >= 11 is 2.00. The van der Waals surface area contributed by atoms with Crippen molar-refractivity contribution in [1.29, 1.82) is 0 Å². The number of halogens is 1. The number of hydrogen-bond acceptors (Lipinski definition) is 2. The first-order valence-corrected chi connectivity index (χ1v) is 6.46. The molecule has 2 fully saturated rings. The Bertz CT molecular complexity index is 159. The van der Waals surface area contributed by atoms with Crippen molar-refractivity contribution in [2.45, 2.75) is 25.4 Å². The molecule has 13 heavy (non-hydrogen) atoms. The third kappa shape index (κ3) is 2.38. The topological polar surface area (TPSA) is 12.0 Å². The van der Waals surface area contributed by atoms with Crippen LogP contribution in [0.2, 0.25) is 0 Å². The summed E-state index contributed by atoms with van der Waals surface area (Å²) in [5.74, 6) is 3.42. The van der Waals surface area contributed by atoms with Gasteiger partial charge >= 0.3 is 0 Å². The van der Waals surface area contributed by atoms with Gasteiger partial charge in [-0.2, -0.15) is 11.8 Å². The van der Waals surface area contributed by atoms with Gasteiger partial charge in [-0.1, -0.05) is 0 Å². The Labute approximate surface area is 83.9 Å². The van der Waals surface area contributed by atoms with E-state index in [0.29, 0.717) is 11.8 Å². The zero-order valence-corrected chi connectivity index (χ0v) is 8.78. The van der Waals surface area contributed by atoms with Crippen LogP contribution >= 0.6 is 11.8 Å². The minimum atomic E-state index is -0.537. The van der Waals surface area contributed by atoms with Crippen LogP contribution in [0.5, 0.6) is 0 Å². The van der Waals surface area contributed by atoms with Gasteiger partial charge in [0.15, 0.2) is 0 Å². The van der Waals surface area contributed by atoms with Crippen LogP contribution in [0.4, 0.5) is 4.39 Å². The van der Waals surface area contributed by atoms with E-state index in [1.54, 1.807) is 0 Å². The van der Waals surface area contributed by atoms with Crippen LogP contribution in [0.1, 0.15) is 19.3 Å². The lowest BCUT2D eigenvalue weighted by Crippen LogP contribution is -2.43. The smallest absolute Gasteiger partial charge is 0.106 e. The van der Waals surface area contributed by atoms with E-state index in [0.717, 1.165) is 19.5 Å². The quantitative estimate of drug-likeness (QED) is 0.700. The van der Waals surface area contributed by atoms with Crippen molar-refractivity contribution in [3.05, 3.63) is 0 Å². The fraction of sp³-hybridized carbons (Fsp3) is 1.00. The number of nitrogens with one attached hydrogen (secondary N) is 1. The molecular weight excluding hydrogens is 185 g/mol. The summed E-state index contributed by atoms with van der Waals surface area (Å²) in [4.78, 5) is 0. The number of thioether (sulfide) groups is 1. The second kappa shape index (κ2) is 4.65. The van der Waals surface area contributed by atoms with Gasteiger partial charge in [0.05, 0.1) is 0 Å². The van der Waals surface area contributed by atoms with E-state index in [1.807, 2.05) is 11.8 Å². The molecule has 2 aliphatic rings. The highest BCUT2D eigenvalue weighted by Crippen LogP contribution is 2.33. The summed E-state index contributed by atoms with van der Waals surface area (Å²) in [5.41, 5.74) is 0. The zero-order valence-electron chi connectivity index (χ0n) is 7.97. The normalized spacial score (nSPS) is 41.8. The van der Waals surface area contributed by atoms with Gasteiger partial charge in [-0.25, -0.2) is 4.39 Å². The SMILES string of the molecule is FC1CCNCC1C1CCCSC1. The van der Waals surface area contributed by atoms with Crippen LogP contribution in [0.25, 0.3) is 0 Å². The fourth-order valence-electron chi connectivity index (χ4n) is 2.42. The summed E-state index contributed by atoms with van der Waals surface area (Å²) < 4.78 is 13.6. The molecule has 0 bridgehead atoms. The van der Waals surface area contributed by atoms with Crippen LogP contribution in [-0.2, 0) is 0 Å².